The second-order valence-corrected chi connectivity index (χ2v) is 5.26. The molecule has 1 saturated heterocycles. The fraction of sp³-hybridized carbons (Fsp3) is 0.500. The van der Waals surface area contributed by atoms with E-state index in [9.17, 15) is 4.79 Å². The van der Waals surface area contributed by atoms with Crippen molar-refractivity contribution in [2.45, 2.75) is 19.3 Å². The van der Waals surface area contributed by atoms with Gasteiger partial charge in [-0.2, -0.15) is 0 Å². The molecule has 0 amide bonds. The zero-order valence-corrected chi connectivity index (χ0v) is 11.6. The summed E-state index contributed by atoms with van der Waals surface area (Å²) in [7, 11) is 0. The average Bonchev–Trinajstić information content (AvgIpc) is 2.39. The molecule has 0 spiro atoms. The van der Waals surface area contributed by atoms with Gasteiger partial charge >= 0.3 is 5.97 Å². The minimum atomic E-state index is -0.933. The summed E-state index contributed by atoms with van der Waals surface area (Å²) in [4.78, 5) is 13.5. The summed E-state index contributed by atoms with van der Waals surface area (Å²) < 4.78 is 0. The Labute approximate surface area is 118 Å². The fourth-order valence-electron chi connectivity index (χ4n) is 2.38. The van der Waals surface area contributed by atoms with Crippen molar-refractivity contribution in [1.82, 2.24) is 4.90 Å². The number of hydrogen-bond acceptors (Lipinski definition) is 3. The van der Waals surface area contributed by atoms with Crippen molar-refractivity contribution < 1.29 is 9.90 Å². The van der Waals surface area contributed by atoms with E-state index in [1.165, 1.54) is 25.3 Å². The van der Waals surface area contributed by atoms with E-state index >= 15 is 0 Å². The molecule has 1 aromatic carbocycles. The van der Waals surface area contributed by atoms with E-state index in [4.69, 9.17) is 16.7 Å². The van der Waals surface area contributed by atoms with Gasteiger partial charge in [0, 0.05) is 18.1 Å². The number of piperidine rings is 1. The van der Waals surface area contributed by atoms with Gasteiger partial charge in [-0.15, -0.1) is 0 Å². The van der Waals surface area contributed by atoms with Crippen LogP contribution in [0.3, 0.4) is 0 Å². The molecule has 19 heavy (non-hydrogen) atoms. The van der Waals surface area contributed by atoms with Gasteiger partial charge in [0.15, 0.2) is 0 Å². The van der Waals surface area contributed by atoms with Gasteiger partial charge in [-0.25, -0.2) is 4.79 Å². The summed E-state index contributed by atoms with van der Waals surface area (Å²) in [6.45, 7) is 3.96. The number of benzene rings is 1. The van der Waals surface area contributed by atoms with E-state index in [0.29, 0.717) is 10.7 Å². The number of aromatic carboxylic acids is 1. The van der Waals surface area contributed by atoms with Crippen LogP contribution in [-0.4, -0.2) is 42.2 Å². The molecular weight excluding hydrogens is 264 g/mol. The number of nitrogens with one attached hydrogen (secondary N) is 1. The Kier molecular flexibility index (Phi) is 5.05. The molecule has 4 nitrogen and oxygen atoms in total. The molecule has 1 aliphatic heterocycles. The molecule has 1 aliphatic rings. The zero-order chi connectivity index (χ0) is 13.7. The third kappa shape index (κ3) is 4.11. The normalized spacial score (nSPS) is 16.3. The maximum atomic E-state index is 11.1. The molecule has 0 radical (unpaired) electrons. The largest absolute Gasteiger partial charge is 0.478 e. The Morgan fingerprint density at radius 2 is 2.05 bits per heavy atom. The first-order valence-corrected chi connectivity index (χ1v) is 7.03. The number of hydrogen-bond donors (Lipinski definition) is 2. The van der Waals surface area contributed by atoms with Crippen molar-refractivity contribution in [2.75, 3.05) is 31.5 Å². The highest BCUT2D eigenvalue weighted by molar-refractivity contribution is 6.31. The standard InChI is InChI=1S/C14H19ClN2O2/c15-11-4-5-12(14(18)19)13(10-11)16-6-9-17-7-2-1-3-8-17/h4-5,10,16H,1-3,6-9H2,(H,18,19). The quantitative estimate of drug-likeness (QED) is 0.872. The second kappa shape index (κ2) is 6.78. The third-order valence-corrected chi connectivity index (χ3v) is 3.64. The minimum absolute atomic E-state index is 0.267. The van der Waals surface area contributed by atoms with E-state index in [-0.39, 0.29) is 5.56 Å². The van der Waals surface area contributed by atoms with Gasteiger partial charge in [-0.05, 0) is 44.1 Å². The van der Waals surface area contributed by atoms with Gasteiger partial charge < -0.3 is 15.3 Å². The molecule has 0 aromatic heterocycles. The summed E-state index contributed by atoms with van der Waals surface area (Å²) >= 11 is 5.91. The number of carbonyl (C=O) groups is 1. The molecule has 0 saturated carbocycles. The SMILES string of the molecule is O=C(O)c1ccc(Cl)cc1NCCN1CCCCC1. The first-order valence-electron chi connectivity index (χ1n) is 6.66. The lowest BCUT2D eigenvalue weighted by atomic mass is 10.1. The summed E-state index contributed by atoms with van der Waals surface area (Å²) in [5.41, 5.74) is 0.861. The number of rotatable bonds is 5. The second-order valence-electron chi connectivity index (χ2n) is 4.82. The Bertz CT molecular complexity index is 445. The van der Waals surface area contributed by atoms with Crippen molar-refractivity contribution in [1.29, 1.82) is 0 Å². The van der Waals surface area contributed by atoms with Gasteiger partial charge in [0.1, 0.15) is 0 Å². The number of halogens is 1. The lowest BCUT2D eigenvalue weighted by Gasteiger charge is -2.26. The Balaban J connectivity index is 1.91. The van der Waals surface area contributed by atoms with Gasteiger partial charge in [0.05, 0.1) is 11.3 Å². The van der Waals surface area contributed by atoms with Crippen LogP contribution in [0.25, 0.3) is 0 Å². The maximum Gasteiger partial charge on any atom is 0.337 e. The van der Waals surface area contributed by atoms with Crippen LogP contribution in [0.1, 0.15) is 29.6 Å². The highest BCUT2D eigenvalue weighted by atomic mass is 35.5. The number of carboxylic acid groups (broad SMARTS) is 1. The predicted octanol–water partition coefficient (Wildman–Crippen LogP) is 2.94. The maximum absolute atomic E-state index is 11.1. The van der Waals surface area contributed by atoms with Crippen molar-refractivity contribution >= 4 is 23.3 Å². The van der Waals surface area contributed by atoms with Crippen molar-refractivity contribution in [2.24, 2.45) is 0 Å². The zero-order valence-electron chi connectivity index (χ0n) is 10.9. The van der Waals surface area contributed by atoms with E-state index in [0.717, 1.165) is 26.2 Å². The smallest absolute Gasteiger partial charge is 0.337 e. The molecule has 2 N–H and O–H groups in total. The van der Waals surface area contributed by atoms with Crippen LogP contribution in [0.2, 0.25) is 5.02 Å². The number of carboxylic acids is 1. The van der Waals surface area contributed by atoms with Crippen LogP contribution in [0, 0.1) is 0 Å². The molecule has 2 rings (SSSR count). The van der Waals surface area contributed by atoms with Crippen LogP contribution in [0.15, 0.2) is 18.2 Å². The van der Waals surface area contributed by atoms with Crippen LogP contribution in [0.4, 0.5) is 5.69 Å². The molecule has 0 atom stereocenters. The van der Waals surface area contributed by atoms with Crippen LogP contribution >= 0.6 is 11.6 Å². The molecule has 1 heterocycles. The lowest BCUT2D eigenvalue weighted by Crippen LogP contribution is -2.33. The average molecular weight is 283 g/mol. The van der Waals surface area contributed by atoms with Gasteiger partial charge in [-0.3, -0.25) is 0 Å². The molecule has 104 valence electrons. The fourth-order valence-corrected chi connectivity index (χ4v) is 2.55. The Morgan fingerprint density at radius 1 is 1.32 bits per heavy atom. The summed E-state index contributed by atoms with van der Waals surface area (Å²) in [5.74, 6) is -0.933. The van der Waals surface area contributed by atoms with Crippen LogP contribution in [-0.2, 0) is 0 Å². The lowest BCUT2D eigenvalue weighted by molar-refractivity contribution is 0.0698. The van der Waals surface area contributed by atoms with E-state index in [1.807, 2.05) is 0 Å². The van der Waals surface area contributed by atoms with E-state index in [2.05, 4.69) is 10.2 Å². The molecule has 1 aromatic rings. The first-order chi connectivity index (χ1) is 9.16. The Morgan fingerprint density at radius 3 is 2.74 bits per heavy atom. The highest BCUT2D eigenvalue weighted by Gasteiger charge is 2.12. The van der Waals surface area contributed by atoms with Crippen LogP contribution < -0.4 is 5.32 Å². The minimum Gasteiger partial charge on any atom is -0.478 e. The van der Waals surface area contributed by atoms with Gasteiger partial charge in [0.2, 0.25) is 0 Å². The predicted molar refractivity (Wildman–Crippen MR) is 77.2 cm³/mol. The van der Waals surface area contributed by atoms with Crippen LogP contribution in [0.5, 0.6) is 0 Å². The van der Waals surface area contributed by atoms with Crippen molar-refractivity contribution in [3.63, 3.8) is 0 Å². The first kappa shape index (κ1) is 14.2. The Hall–Kier alpha value is -1.26. The molecule has 0 aliphatic carbocycles. The number of nitrogens with zero attached hydrogens (tertiary/aromatic N) is 1. The molecule has 0 bridgehead atoms. The van der Waals surface area contributed by atoms with Crippen molar-refractivity contribution in [3.05, 3.63) is 28.8 Å². The summed E-state index contributed by atoms with van der Waals surface area (Å²) in [6.07, 6.45) is 3.84. The molecule has 5 heteroatoms. The monoisotopic (exact) mass is 282 g/mol. The third-order valence-electron chi connectivity index (χ3n) is 3.40. The molecule has 1 fully saturated rings. The van der Waals surface area contributed by atoms with E-state index < -0.39 is 5.97 Å². The van der Waals surface area contributed by atoms with Gasteiger partial charge in [-0.1, -0.05) is 18.0 Å². The molecular formula is C14H19ClN2O2. The van der Waals surface area contributed by atoms with Gasteiger partial charge in [0.25, 0.3) is 0 Å². The van der Waals surface area contributed by atoms with E-state index in [1.54, 1.807) is 12.1 Å². The topological polar surface area (TPSA) is 52.6 Å². The number of anilines is 1. The van der Waals surface area contributed by atoms with Crippen molar-refractivity contribution in [3.8, 4) is 0 Å². The number of likely N-dealkylation sites (tertiary alicyclic amines) is 1. The molecule has 0 unspecified atom stereocenters. The summed E-state index contributed by atoms with van der Waals surface area (Å²) in [6, 6.07) is 4.80. The summed E-state index contributed by atoms with van der Waals surface area (Å²) in [5, 5.41) is 12.8. The highest BCUT2D eigenvalue weighted by Crippen LogP contribution is 2.21.